The van der Waals surface area contributed by atoms with Crippen LogP contribution in [0.3, 0.4) is 0 Å². The maximum Gasteiger partial charge on any atom is 0.0721 e. The van der Waals surface area contributed by atoms with Crippen molar-refractivity contribution in [3.05, 3.63) is 68.7 Å². The van der Waals surface area contributed by atoms with E-state index in [-0.39, 0.29) is 6.04 Å². The summed E-state index contributed by atoms with van der Waals surface area (Å²) in [5.74, 6) is 5.77. The molecule has 0 aliphatic rings. The van der Waals surface area contributed by atoms with Crippen LogP contribution < -0.4 is 11.3 Å². The molecular formula is C16H19BrN2. The van der Waals surface area contributed by atoms with E-state index in [1.54, 1.807) is 0 Å². The first-order chi connectivity index (χ1) is 9.01. The van der Waals surface area contributed by atoms with Crippen LogP contribution in [0.25, 0.3) is 0 Å². The van der Waals surface area contributed by atoms with Gasteiger partial charge in [0.05, 0.1) is 6.04 Å². The molecular weight excluding hydrogens is 300 g/mol. The average molecular weight is 319 g/mol. The molecule has 0 amide bonds. The van der Waals surface area contributed by atoms with Gasteiger partial charge in [0.1, 0.15) is 0 Å². The van der Waals surface area contributed by atoms with Gasteiger partial charge in [-0.3, -0.25) is 5.84 Å². The van der Waals surface area contributed by atoms with Crippen molar-refractivity contribution < 1.29 is 0 Å². The highest BCUT2D eigenvalue weighted by Gasteiger charge is 2.15. The SMILES string of the molecule is Cc1cc(C)cc(C(NN)c2ccc(C)cc2Br)c1. The first-order valence-corrected chi connectivity index (χ1v) is 7.11. The highest BCUT2D eigenvalue weighted by Crippen LogP contribution is 2.29. The summed E-state index contributed by atoms with van der Waals surface area (Å²) in [6.45, 7) is 6.29. The zero-order valence-corrected chi connectivity index (χ0v) is 13.1. The molecule has 0 saturated heterocycles. The van der Waals surface area contributed by atoms with Gasteiger partial charge in [-0.15, -0.1) is 0 Å². The Hall–Kier alpha value is -1.16. The van der Waals surface area contributed by atoms with Crippen LogP contribution in [0.4, 0.5) is 0 Å². The van der Waals surface area contributed by atoms with Crippen LogP contribution in [0.5, 0.6) is 0 Å². The van der Waals surface area contributed by atoms with Crippen molar-refractivity contribution in [2.75, 3.05) is 0 Å². The van der Waals surface area contributed by atoms with E-state index in [0.717, 1.165) is 10.0 Å². The second kappa shape index (κ2) is 5.87. The fourth-order valence-corrected chi connectivity index (χ4v) is 3.13. The van der Waals surface area contributed by atoms with Crippen LogP contribution in [0.1, 0.15) is 33.9 Å². The summed E-state index contributed by atoms with van der Waals surface area (Å²) in [5, 5.41) is 0. The molecule has 0 radical (unpaired) electrons. The van der Waals surface area contributed by atoms with Gasteiger partial charge in [0.2, 0.25) is 0 Å². The Labute approximate surface area is 123 Å². The predicted octanol–water partition coefficient (Wildman–Crippen LogP) is 3.93. The molecule has 2 nitrogen and oxygen atoms in total. The molecule has 0 bridgehead atoms. The summed E-state index contributed by atoms with van der Waals surface area (Å²) in [4.78, 5) is 0. The van der Waals surface area contributed by atoms with E-state index in [1.165, 1.54) is 22.3 Å². The maximum absolute atomic E-state index is 5.77. The van der Waals surface area contributed by atoms with Gasteiger partial charge in [-0.25, -0.2) is 5.43 Å². The zero-order chi connectivity index (χ0) is 14.0. The molecule has 0 aliphatic heterocycles. The Morgan fingerprint density at radius 1 is 0.947 bits per heavy atom. The monoisotopic (exact) mass is 318 g/mol. The molecule has 0 aliphatic carbocycles. The zero-order valence-electron chi connectivity index (χ0n) is 11.5. The van der Waals surface area contributed by atoms with Crippen molar-refractivity contribution in [3.8, 4) is 0 Å². The normalized spacial score (nSPS) is 12.5. The molecule has 2 aromatic rings. The highest BCUT2D eigenvalue weighted by molar-refractivity contribution is 9.10. The van der Waals surface area contributed by atoms with E-state index in [0.29, 0.717) is 0 Å². The topological polar surface area (TPSA) is 38.0 Å². The van der Waals surface area contributed by atoms with Gasteiger partial charge >= 0.3 is 0 Å². The van der Waals surface area contributed by atoms with Crippen LogP contribution in [0.15, 0.2) is 40.9 Å². The molecule has 1 atom stereocenters. The molecule has 19 heavy (non-hydrogen) atoms. The van der Waals surface area contributed by atoms with Gasteiger partial charge in [-0.2, -0.15) is 0 Å². The first kappa shape index (κ1) is 14.3. The molecule has 0 fully saturated rings. The van der Waals surface area contributed by atoms with Crippen LogP contribution in [-0.4, -0.2) is 0 Å². The summed E-state index contributed by atoms with van der Waals surface area (Å²) in [6, 6.07) is 12.8. The number of hydrazine groups is 1. The smallest absolute Gasteiger partial charge is 0.0721 e. The van der Waals surface area contributed by atoms with Crippen molar-refractivity contribution in [1.82, 2.24) is 5.43 Å². The van der Waals surface area contributed by atoms with E-state index in [4.69, 9.17) is 5.84 Å². The molecule has 0 aromatic heterocycles. The first-order valence-electron chi connectivity index (χ1n) is 6.31. The molecule has 2 aromatic carbocycles. The number of benzene rings is 2. The van der Waals surface area contributed by atoms with Gasteiger partial charge in [0, 0.05) is 4.47 Å². The van der Waals surface area contributed by atoms with Crippen molar-refractivity contribution >= 4 is 15.9 Å². The molecule has 0 spiro atoms. The fraction of sp³-hybridized carbons (Fsp3) is 0.250. The minimum Gasteiger partial charge on any atom is -0.271 e. The lowest BCUT2D eigenvalue weighted by atomic mass is 9.95. The third-order valence-corrected chi connectivity index (χ3v) is 3.90. The van der Waals surface area contributed by atoms with Crippen LogP contribution in [-0.2, 0) is 0 Å². The Morgan fingerprint density at radius 2 is 1.58 bits per heavy atom. The van der Waals surface area contributed by atoms with Gasteiger partial charge in [-0.05, 0) is 43.5 Å². The van der Waals surface area contributed by atoms with E-state index in [1.807, 2.05) is 0 Å². The number of nitrogens with one attached hydrogen (secondary N) is 1. The third-order valence-electron chi connectivity index (χ3n) is 3.21. The van der Waals surface area contributed by atoms with Gasteiger partial charge in [0.15, 0.2) is 0 Å². The second-order valence-corrected chi connectivity index (χ2v) is 5.90. The molecule has 100 valence electrons. The fourth-order valence-electron chi connectivity index (χ4n) is 2.41. The predicted molar refractivity (Wildman–Crippen MR) is 84.0 cm³/mol. The average Bonchev–Trinajstić information content (AvgIpc) is 2.31. The molecule has 3 heteroatoms. The van der Waals surface area contributed by atoms with Gasteiger partial charge in [0.25, 0.3) is 0 Å². The quantitative estimate of drug-likeness (QED) is 0.664. The summed E-state index contributed by atoms with van der Waals surface area (Å²) in [6.07, 6.45) is 0. The number of nitrogens with two attached hydrogens (primary N) is 1. The van der Waals surface area contributed by atoms with Crippen molar-refractivity contribution in [3.63, 3.8) is 0 Å². The number of halogens is 1. The van der Waals surface area contributed by atoms with E-state index in [2.05, 4.69) is 78.5 Å². The van der Waals surface area contributed by atoms with Crippen molar-refractivity contribution in [2.45, 2.75) is 26.8 Å². The lowest BCUT2D eigenvalue weighted by Crippen LogP contribution is -2.29. The van der Waals surface area contributed by atoms with Gasteiger partial charge in [-0.1, -0.05) is 57.4 Å². The number of rotatable bonds is 3. The lowest BCUT2D eigenvalue weighted by Gasteiger charge is -2.20. The molecule has 0 saturated carbocycles. The number of aryl methyl sites for hydroxylation is 3. The Balaban J connectivity index is 2.49. The van der Waals surface area contributed by atoms with E-state index < -0.39 is 0 Å². The molecule has 2 rings (SSSR count). The van der Waals surface area contributed by atoms with Crippen LogP contribution >= 0.6 is 15.9 Å². The minimum absolute atomic E-state index is 0.00595. The van der Waals surface area contributed by atoms with E-state index >= 15 is 0 Å². The molecule has 3 N–H and O–H groups in total. The van der Waals surface area contributed by atoms with Gasteiger partial charge < -0.3 is 0 Å². The summed E-state index contributed by atoms with van der Waals surface area (Å²) in [5.41, 5.74) is 8.98. The summed E-state index contributed by atoms with van der Waals surface area (Å²) in [7, 11) is 0. The Bertz CT molecular complexity index is 573. The third kappa shape index (κ3) is 3.24. The minimum atomic E-state index is -0.00595. The van der Waals surface area contributed by atoms with Crippen LogP contribution in [0.2, 0.25) is 0 Å². The summed E-state index contributed by atoms with van der Waals surface area (Å²) < 4.78 is 1.08. The Morgan fingerprint density at radius 3 is 2.11 bits per heavy atom. The number of hydrogen-bond acceptors (Lipinski definition) is 2. The largest absolute Gasteiger partial charge is 0.271 e. The van der Waals surface area contributed by atoms with E-state index in [9.17, 15) is 0 Å². The summed E-state index contributed by atoms with van der Waals surface area (Å²) >= 11 is 3.63. The standard InChI is InChI=1S/C16H19BrN2/c1-10-4-5-14(15(17)9-10)16(19-18)13-7-11(2)6-12(3)8-13/h4-9,16,19H,18H2,1-3H3. The maximum atomic E-state index is 5.77. The van der Waals surface area contributed by atoms with Crippen molar-refractivity contribution in [1.29, 1.82) is 0 Å². The lowest BCUT2D eigenvalue weighted by molar-refractivity contribution is 0.633. The Kier molecular flexibility index (Phi) is 4.40. The highest BCUT2D eigenvalue weighted by atomic mass is 79.9. The molecule has 1 unspecified atom stereocenters. The second-order valence-electron chi connectivity index (χ2n) is 5.05. The van der Waals surface area contributed by atoms with Crippen molar-refractivity contribution in [2.24, 2.45) is 5.84 Å². The number of hydrogen-bond donors (Lipinski definition) is 2. The van der Waals surface area contributed by atoms with Crippen LogP contribution in [0, 0.1) is 20.8 Å². The molecule has 0 heterocycles.